The van der Waals surface area contributed by atoms with Gasteiger partial charge in [-0.15, -0.1) is 0 Å². The second-order valence-corrected chi connectivity index (χ2v) is 6.19. The van der Waals surface area contributed by atoms with Crippen LogP contribution in [0.15, 0.2) is 48.8 Å². The third-order valence-electron chi connectivity index (χ3n) is 5.00. The number of pyridine rings is 1. The van der Waals surface area contributed by atoms with Crippen LogP contribution >= 0.6 is 0 Å². The first-order valence-corrected chi connectivity index (χ1v) is 7.63. The molecule has 20 heavy (non-hydrogen) atoms. The van der Waals surface area contributed by atoms with Gasteiger partial charge >= 0.3 is 0 Å². The van der Waals surface area contributed by atoms with E-state index >= 15 is 0 Å². The summed E-state index contributed by atoms with van der Waals surface area (Å²) in [6.45, 7) is 0. The molecule has 1 aromatic heterocycles. The molecule has 1 heterocycles. The summed E-state index contributed by atoms with van der Waals surface area (Å²) in [6, 6.07) is 13.7. The van der Waals surface area contributed by atoms with Crippen LogP contribution in [-0.2, 0) is 12.8 Å². The van der Waals surface area contributed by atoms with E-state index < -0.39 is 0 Å². The molecule has 102 valence electrons. The van der Waals surface area contributed by atoms with Gasteiger partial charge < -0.3 is 5.32 Å². The Kier molecular flexibility index (Phi) is 2.95. The van der Waals surface area contributed by atoms with Crippen molar-refractivity contribution >= 4 is 5.69 Å². The van der Waals surface area contributed by atoms with Gasteiger partial charge in [-0.1, -0.05) is 24.3 Å². The van der Waals surface area contributed by atoms with Gasteiger partial charge in [0.05, 0.1) is 5.69 Å². The van der Waals surface area contributed by atoms with E-state index in [-0.39, 0.29) is 0 Å². The fourth-order valence-corrected chi connectivity index (χ4v) is 4.03. The Morgan fingerprint density at radius 2 is 1.60 bits per heavy atom. The minimum atomic E-state index is 0.603. The number of fused-ring (bicyclic) bond motifs is 3. The van der Waals surface area contributed by atoms with E-state index in [9.17, 15) is 0 Å². The first kappa shape index (κ1) is 12.0. The molecule has 2 aromatic rings. The number of nitrogens with zero attached hydrogens (tertiary/aromatic N) is 1. The van der Waals surface area contributed by atoms with Gasteiger partial charge in [0.15, 0.2) is 0 Å². The summed E-state index contributed by atoms with van der Waals surface area (Å²) >= 11 is 0. The molecule has 1 N–H and O–H groups in total. The van der Waals surface area contributed by atoms with Crippen LogP contribution in [0.5, 0.6) is 0 Å². The van der Waals surface area contributed by atoms with Gasteiger partial charge in [-0.25, -0.2) is 0 Å². The molecule has 2 aliphatic carbocycles. The van der Waals surface area contributed by atoms with Gasteiger partial charge in [-0.05, 0) is 60.8 Å². The highest BCUT2D eigenvalue weighted by Crippen LogP contribution is 2.41. The smallest absolute Gasteiger partial charge is 0.0529 e. The van der Waals surface area contributed by atoms with Crippen molar-refractivity contribution in [1.29, 1.82) is 0 Å². The predicted octanol–water partition coefficient (Wildman–Crippen LogP) is 3.69. The number of hydrogen-bond donors (Lipinski definition) is 1. The van der Waals surface area contributed by atoms with Crippen LogP contribution in [0, 0.1) is 11.8 Å². The summed E-state index contributed by atoms with van der Waals surface area (Å²) in [5.74, 6) is 1.53. The standard InChI is InChI=1S/C18H20N2/c1-2-5-14-11-16-8-7-15(10-13(14)4-1)18(16)20-17-6-3-9-19-12-17/h1-6,9,12,15-16,18,20H,7-8,10-11H2. The maximum atomic E-state index is 4.22. The number of rotatable bonds is 2. The largest absolute Gasteiger partial charge is 0.380 e. The Morgan fingerprint density at radius 3 is 2.20 bits per heavy atom. The van der Waals surface area contributed by atoms with Crippen LogP contribution in [0.2, 0.25) is 0 Å². The van der Waals surface area contributed by atoms with E-state index in [1.54, 1.807) is 11.1 Å². The lowest BCUT2D eigenvalue weighted by Crippen LogP contribution is -2.30. The van der Waals surface area contributed by atoms with Crippen LogP contribution in [0.1, 0.15) is 24.0 Å². The van der Waals surface area contributed by atoms with Gasteiger partial charge in [-0.3, -0.25) is 4.98 Å². The molecular formula is C18H20N2. The molecule has 1 aromatic carbocycles. The normalized spacial score (nSPS) is 27.7. The zero-order chi connectivity index (χ0) is 13.4. The molecule has 0 spiro atoms. The molecule has 0 aliphatic heterocycles. The summed E-state index contributed by atoms with van der Waals surface area (Å²) in [6.07, 6.45) is 8.95. The monoisotopic (exact) mass is 264 g/mol. The van der Waals surface area contributed by atoms with Crippen molar-refractivity contribution in [3.8, 4) is 0 Å². The van der Waals surface area contributed by atoms with Gasteiger partial charge in [0.25, 0.3) is 0 Å². The molecule has 2 nitrogen and oxygen atoms in total. The number of aromatic nitrogens is 1. The highest BCUT2D eigenvalue weighted by molar-refractivity contribution is 5.42. The number of hydrogen-bond acceptors (Lipinski definition) is 2. The predicted molar refractivity (Wildman–Crippen MR) is 81.7 cm³/mol. The van der Waals surface area contributed by atoms with Crippen molar-refractivity contribution in [2.75, 3.05) is 5.32 Å². The fourth-order valence-electron chi connectivity index (χ4n) is 4.03. The Morgan fingerprint density at radius 1 is 0.900 bits per heavy atom. The molecule has 4 rings (SSSR count). The van der Waals surface area contributed by atoms with E-state index in [0.29, 0.717) is 6.04 Å². The summed E-state index contributed by atoms with van der Waals surface area (Å²) in [5.41, 5.74) is 4.30. The minimum absolute atomic E-state index is 0.603. The molecule has 2 heteroatoms. The van der Waals surface area contributed by atoms with Crippen molar-refractivity contribution < 1.29 is 0 Å². The average molecular weight is 264 g/mol. The number of anilines is 1. The molecule has 2 aliphatic rings. The van der Waals surface area contributed by atoms with Crippen molar-refractivity contribution in [3.05, 3.63) is 59.9 Å². The van der Waals surface area contributed by atoms with Gasteiger partial charge in [-0.2, -0.15) is 0 Å². The second kappa shape index (κ2) is 4.93. The summed E-state index contributed by atoms with van der Waals surface area (Å²) in [7, 11) is 0. The fraction of sp³-hybridized carbons (Fsp3) is 0.389. The number of benzene rings is 1. The minimum Gasteiger partial charge on any atom is -0.380 e. The maximum absolute atomic E-state index is 4.22. The van der Waals surface area contributed by atoms with Crippen molar-refractivity contribution in [2.45, 2.75) is 31.7 Å². The molecule has 0 saturated heterocycles. The molecular weight excluding hydrogens is 244 g/mol. The molecule has 2 atom stereocenters. The van der Waals surface area contributed by atoms with Gasteiger partial charge in [0.1, 0.15) is 0 Å². The van der Waals surface area contributed by atoms with Gasteiger partial charge in [0.2, 0.25) is 0 Å². The van der Waals surface area contributed by atoms with Crippen LogP contribution in [0.3, 0.4) is 0 Å². The molecule has 1 saturated carbocycles. The quantitative estimate of drug-likeness (QED) is 0.895. The van der Waals surface area contributed by atoms with E-state index in [1.165, 1.54) is 31.4 Å². The lowest BCUT2D eigenvalue weighted by atomic mass is 9.94. The third-order valence-corrected chi connectivity index (χ3v) is 5.00. The highest BCUT2D eigenvalue weighted by Gasteiger charge is 2.38. The van der Waals surface area contributed by atoms with Crippen LogP contribution in [0.4, 0.5) is 5.69 Å². The molecule has 0 radical (unpaired) electrons. The Bertz CT molecular complexity index is 560. The zero-order valence-electron chi connectivity index (χ0n) is 11.6. The Balaban J connectivity index is 1.61. The topological polar surface area (TPSA) is 24.9 Å². The van der Waals surface area contributed by atoms with Crippen LogP contribution < -0.4 is 5.32 Å². The average Bonchev–Trinajstić information content (AvgIpc) is 2.75. The number of nitrogens with one attached hydrogen (secondary N) is 1. The van der Waals surface area contributed by atoms with Crippen molar-refractivity contribution in [1.82, 2.24) is 4.98 Å². The van der Waals surface area contributed by atoms with E-state index in [4.69, 9.17) is 0 Å². The first-order chi connectivity index (χ1) is 9.90. The van der Waals surface area contributed by atoms with Crippen molar-refractivity contribution in [3.63, 3.8) is 0 Å². The maximum Gasteiger partial charge on any atom is 0.0529 e. The molecule has 2 unspecified atom stereocenters. The van der Waals surface area contributed by atoms with E-state index in [1.807, 2.05) is 18.5 Å². The lowest BCUT2D eigenvalue weighted by molar-refractivity contribution is 0.449. The van der Waals surface area contributed by atoms with E-state index in [2.05, 4.69) is 40.6 Å². The second-order valence-electron chi connectivity index (χ2n) is 6.19. The SMILES string of the molecule is c1cncc(NC2C3CCC2Cc2ccccc2C3)c1. The zero-order valence-corrected chi connectivity index (χ0v) is 11.6. The first-order valence-electron chi connectivity index (χ1n) is 7.63. The molecule has 2 bridgehead atoms. The van der Waals surface area contributed by atoms with E-state index in [0.717, 1.165) is 11.8 Å². The highest BCUT2D eigenvalue weighted by atomic mass is 15.0. The third kappa shape index (κ3) is 2.09. The summed E-state index contributed by atoms with van der Waals surface area (Å²) in [4.78, 5) is 4.22. The van der Waals surface area contributed by atoms with Crippen LogP contribution in [0.25, 0.3) is 0 Å². The molecule has 1 fully saturated rings. The lowest BCUT2D eigenvalue weighted by Gasteiger charge is -2.24. The summed E-state index contributed by atoms with van der Waals surface area (Å²) < 4.78 is 0. The van der Waals surface area contributed by atoms with Crippen LogP contribution in [-0.4, -0.2) is 11.0 Å². The summed E-state index contributed by atoms with van der Waals surface area (Å²) in [5, 5.41) is 3.76. The molecule has 0 amide bonds. The van der Waals surface area contributed by atoms with Gasteiger partial charge in [0, 0.05) is 18.4 Å². The Hall–Kier alpha value is -1.83. The Labute approximate surface area is 120 Å². The van der Waals surface area contributed by atoms with Crippen molar-refractivity contribution in [2.24, 2.45) is 11.8 Å².